The van der Waals surface area contributed by atoms with Crippen LogP contribution in [-0.2, 0) is 9.59 Å². The van der Waals surface area contributed by atoms with Gasteiger partial charge in [-0.05, 0) is 18.2 Å². The van der Waals surface area contributed by atoms with Crippen LogP contribution >= 0.6 is 11.6 Å². The van der Waals surface area contributed by atoms with Gasteiger partial charge in [0.1, 0.15) is 0 Å². The molecular formula is C12H13ClN2O4. The van der Waals surface area contributed by atoms with Crippen molar-refractivity contribution in [2.24, 2.45) is 0 Å². The van der Waals surface area contributed by atoms with Gasteiger partial charge in [0.05, 0.1) is 16.3 Å². The molecule has 0 saturated heterocycles. The first-order valence-electron chi connectivity index (χ1n) is 5.47. The average molecular weight is 285 g/mol. The molecule has 0 aliphatic carbocycles. The van der Waals surface area contributed by atoms with Gasteiger partial charge in [-0.15, -0.1) is 0 Å². The summed E-state index contributed by atoms with van der Waals surface area (Å²) in [4.78, 5) is 33.0. The summed E-state index contributed by atoms with van der Waals surface area (Å²) in [5.74, 6) is -1.69. The van der Waals surface area contributed by atoms with E-state index in [0.717, 1.165) is 0 Å². The lowest BCUT2D eigenvalue weighted by Gasteiger charge is -2.08. The van der Waals surface area contributed by atoms with Crippen molar-refractivity contribution in [3.8, 4) is 0 Å². The van der Waals surface area contributed by atoms with Crippen LogP contribution in [0.3, 0.4) is 0 Å². The minimum Gasteiger partial charge on any atom is -0.478 e. The predicted octanol–water partition coefficient (Wildman–Crippen LogP) is 1.50. The lowest BCUT2D eigenvalue weighted by Crippen LogP contribution is -2.25. The maximum Gasteiger partial charge on any atom is 0.335 e. The lowest BCUT2D eigenvalue weighted by molar-refractivity contribution is -0.119. The summed E-state index contributed by atoms with van der Waals surface area (Å²) < 4.78 is 0. The summed E-state index contributed by atoms with van der Waals surface area (Å²) in [6.07, 6.45) is 0.0766. The fourth-order valence-corrected chi connectivity index (χ4v) is 1.48. The fourth-order valence-electron chi connectivity index (χ4n) is 1.32. The summed E-state index contributed by atoms with van der Waals surface area (Å²) in [6, 6.07) is 4.02. The highest BCUT2D eigenvalue weighted by Crippen LogP contribution is 2.23. The Labute approximate surface area is 114 Å². The number of rotatable bonds is 5. The van der Waals surface area contributed by atoms with Crippen LogP contribution in [0.2, 0.25) is 5.02 Å². The number of carboxylic acid groups (broad SMARTS) is 1. The predicted molar refractivity (Wildman–Crippen MR) is 70.3 cm³/mol. The molecule has 0 spiro atoms. The number of carbonyl (C=O) groups is 3. The van der Waals surface area contributed by atoms with Crippen molar-refractivity contribution in [3.63, 3.8) is 0 Å². The number of amides is 2. The summed E-state index contributed by atoms with van der Waals surface area (Å²) in [7, 11) is 0. The third-order valence-electron chi connectivity index (χ3n) is 2.21. The van der Waals surface area contributed by atoms with Crippen molar-refractivity contribution in [1.29, 1.82) is 0 Å². The zero-order valence-electron chi connectivity index (χ0n) is 10.2. The van der Waals surface area contributed by atoms with E-state index in [9.17, 15) is 14.4 Å². The van der Waals surface area contributed by atoms with E-state index >= 15 is 0 Å². The maximum absolute atomic E-state index is 11.6. The Morgan fingerprint density at radius 3 is 2.58 bits per heavy atom. The number of nitrogens with one attached hydrogen (secondary N) is 2. The Bertz CT molecular complexity index is 516. The molecule has 19 heavy (non-hydrogen) atoms. The molecule has 7 heteroatoms. The molecular weight excluding hydrogens is 272 g/mol. The summed E-state index contributed by atoms with van der Waals surface area (Å²) >= 11 is 5.85. The van der Waals surface area contributed by atoms with Crippen LogP contribution in [0.25, 0.3) is 0 Å². The fraction of sp³-hybridized carbons (Fsp3) is 0.250. The van der Waals surface area contributed by atoms with Gasteiger partial charge in [-0.1, -0.05) is 11.6 Å². The smallest absolute Gasteiger partial charge is 0.335 e. The highest BCUT2D eigenvalue weighted by molar-refractivity contribution is 6.33. The number of benzene rings is 1. The Morgan fingerprint density at radius 2 is 2.00 bits per heavy atom. The summed E-state index contributed by atoms with van der Waals surface area (Å²) in [5.41, 5.74) is 0.260. The van der Waals surface area contributed by atoms with Crippen LogP contribution in [0, 0.1) is 0 Å². The molecule has 0 unspecified atom stereocenters. The standard InChI is InChI=1S/C12H13ClN2O4/c1-7(16)14-5-4-11(17)15-10-6-8(12(18)19)2-3-9(10)13/h2-3,6H,4-5H2,1H3,(H,14,16)(H,15,17)(H,18,19). The Kier molecular flexibility index (Phi) is 5.32. The largest absolute Gasteiger partial charge is 0.478 e. The number of anilines is 1. The van der Waals surface area contributed by atoms with Crippen molar-refractivity contribution in [2.75, 3.05) is 11.9 Å². The molecule has 1 aromatic carbocycles. The van der Waals surface area contributed by atoms with Gasteiger partial charge in [0.2, 0.25) is 11.8 Å². The molecule has 6 nitrogen and oxygen atoms in total. The van der Waals surface area contributed by atoms with Crippen molar-refractivity contribution < 1.29 is 19.5 Å². The van der Waals surface area contributed by atoms with Crippen LogP contribution in [-0.4, -0.2) is 29.4 Å². The van der Waals surface area contributed by atoms with E-state index in [1.165, 1.54) is 25.1 Å². The average Bonchev–Trinajstić information content (AvgIpc) is 2.31. The van der Waals surface area contributed by atoms with Crippen molar-refractivity contribution in [3.05, 3.63) is 28.8 Å². The molecule has 0 fully saturated rings. The zero-order chi connectivity index (χ0) is 14.4. The molecule has 0 heterocycles. The van der Waals surface area contributed by atoms with E-state index in [-0.39, 0.29) is 41.1 Å². The first-order chi connectivity index (χ1) is 8.90. The molecule has 1 aromatic rings. The van der Waals surface area contributed by atoms with E-state index < -0.39 is 5.97 Å². The number of carbonyl (C=O) groups excluding carboxylic acids is 2. The summed E-state index contributed by atoms with van der Waals surface area (Å²) in [6.45, 7) is 1.56. The quantitative estimate of drug-likeness (QED) is 0.763. The van der Waals surface area contributed by atoms with Gasteiger partial charge in [-0.2, -0.15) is 0 Å². The minimum atomic E-state index is -1.11. The van der Waals surface area contributed by atoms with E-state index in [1.807, 2.05) is 0 Å². The highest BCUT2D eigenvalue weighted by atomic mass is 35.5. The molecule has 102 valence electrons. The van der Waals surface area contributed by atoms with Gasteiger partial charge < -0.3 is 15.7 Å². The van der Waals surface area contributed by atoms with E-state index in [0.29, 0.717) is 0 Å². The SMILES string of the molecule is CC(=O)NCCC(=O)Nc1cc(C(=O)O)ccc1Cl. The normalized spacial score (nSPS) is 9.79. The van der Waals surface area contributed by atoms with Crippen LogP contribution in [0.4, 0.5) is 5.69 Å². The third kappa shape index (κ3) is 4.97. The van der Waals surface area contributed by atoms with Gasteiger partial charge in [0.25, 0.3) is 0 Å². The van der Waals surface area contributed by atoms with Gasteiger partial charge in [0.15, 0.2) is 0 Å². The van der Waals surface area contributed by atoms with E-state index in [2.05, 4.69) is 10.6 Å². The molecule has 0 aliphatic rings. The molecule has 3 N–H and O–H groups in total. The highest BCUT2D eigenvalue weighted by Gasteiger charge is 2.10. The monoisotopic (exact) mass is 284 g/mol. The second kappa shape index (κ2) is 6.75. The molecule has 0 atom stereocenters. The number of halogens is 1. The van der Waals surface area contributed by atoms with Crippen molar-refractivity contribution in [1.82, 2.24) is 5.32 Å². The zero-order valence-corrected chi connectivity index (χ0v) is 11.0. The van der Waals surface area contributed by atoms with Crippen molar-refractivity contribution >= 4 is 35.1 Å². The molecule has 1 rings (SSSR count). The molecule has 0 radical (unpaired) electrons. The van der Waals surface area contributed by atoms with E-state index in [4.69, 9.17) is 16.7 Å². The number of aromatic carboxylic acids is 1. The third-order valence-corrected chi connectivity index (χ3v) is 2.54. The lowest BCUT2D eigenvalue weighted by atomic mass is 10.2. The Hall–Kier alpha value is -2.08. The summed E-state index contributed by atoms with van der Waals surface area (Å²) in [5, 5.41) is 14.1. The number of hydrogen-bond donors (Lipinski definition) is 3. The van der Waals surface area contributed by atoms with Crippen LogP contribution in [0.15, 0.2) is 18.2 Å². The molecule has 0 saturated carbocycles. The number of hydrogen-bond acceptors (Lipinski definition) is 3. The van der Waals surface area contributed by atoms with Crippen LogP contribution < -0.4 is 10.6 Å². The molecule has 0 aromatic heterocycles. The van der Waals surface area contributed by atoms with Crippen LogP contribution in [0.5, 0.6) is 0 Å². The topological polar surface area (TPSA) is 95.5 Å². The second-order valence-corrected chi connectivity index (χ2v) is 4.19. The van der Waals surface area contributed by atoms with Gasteiger partial charge >= 0.3 is 5.97 Å². The van der Waals surface area contributed by atoms with Gasteiger partial charge in [0, 0.05) is 19.9 Å². The first-order valence-corrected chi connectivity index (χ1v) is 5.85. The van der Waals surface area contributed by atoms with Crippen LogP contribution in [0.1, 0.15) is 23.7 Å². The Balaban J connectivity index is 2.65. The Morgan fingerprint density at radius 1 is 1.32 bits per heavy atom. The van der Waals surface area contributed by atoms with Gasteiger partial charge in [-0.3, -0.25) is 9.59 Å². The van der Waals surface area contributed by atoms with Gasteiger partial charge in [-0.25, -0.2) is 4.79 Å². The van der Waals surface area contributed by atoms with Crippen molar-refractivity contribution in [2.45, 2.75) is 13.3 Å². The number of carboxylic acids is 1. The molecule has 2 amide bonds. The molecule has 0 bridgehead atoms. The molecule has 0 aliphatic heterocycles. The first kappa shape index (κ1) is 15.0. The van der Waals surface area contributed by atoms with E-state index in [1.54, 1.807) is 0 Å². The minimum absolute atomic E-state index is 0.0292. The second-order valence-electron chi connectivity index (χ2n) is 3.78. The maximum atomic E-state index is 11.6.